The van der Waals surface area contributed by atoms with Gasteiger partial charge in [0.05, 0.1) is 18.2 Å². The third-order valence-corrected chi connectivity index (χ3v) is 3.96. The van der Waals surface area contributed by atoms with E-state index in [1.54, 1.807) is 35.2 Å². The highest BCUT2D eigenvalue weighted by Gasteiger charge is 2.15. The van der Waals surface area contributed by atoms with Gasteiger partial charge in [-0.15, -0.1) is 6.58 Å². The van der Waals surface area contributed by atoms with Crippen molar-refractivity contribution < 1.29 is 9.53 Å². The Kier molecular flexibility index (Phi) is 7.45. The summed E-state index contributed by atoms with van der Waals surface area (Å²) in [7, 11) is 0. The quantitative estimate of drug-likeness (QED) is 0.493. The van der Waals surface area contributed by atoms with Crippen molar-refractivity contribution in [2.45, 2.75) is 26.3 Å². The van der Waals surface area contributed by atoms with Gasteiger partial charge in [0.25, 0.3) is 5.91 Å². The molecule has 2 aromatic carbocycles. The molecule has 26 heavy (non-hydrogen) atoms. The summed E-state index contributed by atoms with van der Waals surface area (Å²) in [5.74, 6) is 0.715. The van der Waals surface area contributed by atoms with Crippen molar-refractivity contribution in [3.63, 3.8) is 0 Å². The number of rotatable bonds is 9. The molecule has 0 heterocycles. The van der Waals surface area contributed by atoms with Crippen molar-refractivity contribution in [1.29, 1.82) is 5.26 Å². The average Bonchev–Trinajstić information content (AvgIpc) is 2.68. The Morgan fingerprint density at radius 2 is 1.88 bits per heavy atom. The van der Waals surface area contributed by atoms with Gasteiger partial charge in [0, 0.05) is 18.7 Å². The first-order valence-electron chi connectivity index (χ1n) is 8.80. The van der Waals surface area contributed by atoms with Crippen LogP contribution in [0, 0.1) is 11.3 Å². The molecule has 0 aromatic heterocycles. The van der Waals surface area contributed by atoms with E-state index in [1.807, 2.05) is 24.3 Å². The van der Waals surface area contributed by atoms with Gasteiger partial charge in [-0.1, -0.05) is 31.6 Å². The van der Waals surface area contributed by atoms with E-state index in [-0.39, 0.29) is 5.91 Å². The summed E-state index contributed by atoms with van der Waals surface area (Å²) in [6.45, 7) is 7.46. The first kappa shape index (κ1) is 19.3. The summed E-state index contributed by atoms with van der Waals surface area (Å²) < 4.78 is 5.64. The van der Waals surface area contributed by atoms with E-state index in [1.165, 1.54) is 0 Å². The van der Waals surface area contributed by atoms with Crippen molar-refractivity contribution in [2.24, 2.45) is 0 Å². The molecule has 0 aliphatic carbocycles. The van der Waals surface area contributed by atoms with Crippen LogP contribution in [0.3, 0.4) is 0 Å². The number of ether oxygens (including phenoxy) is 1. The normalized spacial score (nSPS) is 10.0. The summed E-state index contributed by atoms with van der Waals surface area (Å²) in [5.41, 5.74) is 2.19. The fourth-order valence-electron chi connectivity index (χ4n) is 2.49. The second-order valence-corrected chi connectivity index (χ2v) is 6.01. The third-order valence-electron chi connectivity index (χ3n) is 3.96. The number of nitriles is 1. The van der Waals surface area contributed by atoms with Gasteiger partial charge in [-0.05, 0) is 48.4 Å². The van der Waals surface area contributed by atoms with Gasteiger partial charge in [-0.25, -0.2) is 0 Å². The van der Waals surface area contributed by atoms with E-state index in [9.17, 15) is 4.79 Å². The molecule has 0 spiro atoms. The topological polar surface area (TPSA) is 53.3 Å². The Morgan fingerprint density at radius 1 is 1.19 bits per heavy atom. The maximum absolute atomic E-state index is 12.8. The molecule has 4 heteroatoms. The molecule has 0 saturated carbocycles. The number of carbonyl (C=O) groups is 1. The van der Waals surface area contributed by atoms with Crippen molar-refractivity contribution in [3.8, 4) is 11.8 Å². The van der Waals surface area contributed by atoms with Gasteiger partial charge in [-0.3, -0.25) is 4.79 Å². The Hall–Kier alpha value is -3.06. The average molecular weight is 348 g/mol. The highest BCUT2D eigenvalue weighted by atomic mass is 16.5. The molecule has 0 aliphatic rings. The second-order valence-electron chi connectivity index (χ2n) is 6.01. The van der Waals surface area contributed by atoms with Crippen molar-refractivity contribution in [1.82, 2.24) is 4.90 Å². The molecule has 0 radical (unpaired) electrons. The van der Waals surface area contributed by atoms with Crippen LogP contribution in [0.4, 0.5) is 0 Å². The molecule has 0 atom stereocenters. The maximum atomic E-state index is 12.8. The lowest BCUT2D eigenvalue weighted by Gasteiger charge is -2.21. The summed E-state index contributed by atoms with van der Waals surface area (Å²) in [5, 5.41) is 8.88. The van der Waals surface area contributed by atoms with Crippen LogP contribution in [-0.4, -0.2) is 24.0 Å². The first-order valence-corrected chi connectivity index (χ1v) is 8.80. The van der Waals surface area contributed by atoms with Gasteiger partial charge in [-0.2, -0.15) is 5.26 Å². The van der Waals surface area contributed by atoms with Gasteiger partial charge in [0.15, 0.2) is 0 Å². The van der Waals surface area contributed by atoms with Gasteiger partial charge >= 0.3 is 0 Å². The number of carbonyl (C=O) groups excluding carboxylic acids is 1. The summed E-state index contributed by atoms with van der Waals surface area (Å²) in [4.78, 5) is 14.5. The minimum Gasteiger partial charge on any atom is -0.494 e. The fourth-order valence-corrected chi connectivity index (χ4v) is 2.49. The van der Waals surface area contributed by atoms with Crippen LogP contribution in [0.1, 0.15) is 41.3 Å². The number of unbranched alkanes of at least 4 members (excludes halogenated alkanes) is 1. The van der Waals surface area contributed by atoms with Gasteiger partial charge in [0.1, 0.15) is 5.75 Å². The van der Waals surface area contributed by atoms with Crippen LogP contribution in [-0.2, 0) is 6.54 Å². The highest BCUT2D eigenvalue weighted by molar-refractivity contribution is 5.94. The number of hydrogen-bond acceptors (Lipinski definition) is 3. The van der Waals surface area contributed by atoms with Crippen molar-refractivity contribution >= 4 is 5.91 Å². The van der Waals surface area contributed by atoms with Gasteiger partial charge in [0.2, 0.25) is 0 Å². The highest BCUT2D eigenvalue weighted by Crippen LogP contribution is 2.16. The second kappa shape index (κ2) is 10.0. The van der Waals surface area contributed by atoms with Crippen molar-refractivity contribution in [3.05, 3.63) is 77.9 Å². The Bertz CT molecular complexity index is 758. The summed E-state index contributed by atoms with van der Waals surface area (Å²) >= 11 is 0. The molecule has 134 valence electrons. The van der Waals surface area contributed by atoms with Crippen LogP contribution in [0.25, 0.3) is 0 Å². The van der Waals surface area contributed by atoms with Gasteiger partial charge < -0.3 is 9.64 Å². The molecule has 2 rings (SSSR count). The first-order chi connectivity index (χ1) is 12.7. The van der Waals surface area contributed by atoms with E-state index >= 15 is 0 Å². The molecular weight excluding hydrogens is 324 g/mol. The molecule has 2 aromatic rings. The predicted octanol–water partition coefficient (Wildman–Crippen LogP) is 4.57. The Morgan fingerprint density at radius 3 is 2.46 bits per heavy atom. The fraction of sp³-hybridized carbons (Fsp3) is 0.273. The molecule has 0 unspecified atom stereocenters. The number of amides is 1. The largest absolute Gasteiger partial charge is 0.494 e. The third kappa shape index (κ3) is 5.49. The number of hydrogen-bond donors (Lipinski definition) is 0. The lowest BCUT2D eigenvalue weighted by atomic mass is 10.1. The van der Waals surface area contributed by atoms with E-state index in [0.29, 0.717) is 30.8 Å². The lowest BCUT2D eigenvalue weighted by Crippen LogP contribution is -2.30. The molecule has 0 N–H and O–H groups in total. The van der Waals surface area contributed by atoms with Crippen LogP contribution in [0.15, 0.2) is 61.2 Å². The molecule has 0 bridgehead atoms. The predicted molar refractivity (Wildman–Crippen MR) is 103 cm³/mol. The zero-order valence-electron chi connectivity index (χ0n) is 15.1. The lowest BCUT2D eigenvalue weighted by molar-refractivity contribution is 0.0762. The van der Waals surface area contributed by atoms with Crippen LogP contribution in [0.2, 0.25) is 0 Å². The minimum absolute atomic E-state index is 0.0608. The molecule has 4 nitrogen and oxygen atoms in total. The molecule has 0 aliphatic heterocycles. The molecule has 0 saturated heterocycles. The zero-order chi connectivity index (χ0) is 18.8. The van der Waals surface area contributed by atoms with Crippen molar-refractivity contribution in [2.75, 3.05) is 13.2 Å². The SMILES string of the molecule is C=CCN(Cc1ccc(C#N)cc1)C(=O)c1ccc(OCCCC)cc1. The van der Waals surface area contributed by atoms with Crippen LogP contribution in [0.5, 0.6) is 5.75 Å². The zero-order valence-corrected chi connectivity index (χ0v) is 15.1. The Balaban J connectivity index is 2.06. The summed E-state index contributed by atoms with van der Waals surface area (Å²) in [6, 6.07) is 16.6. The van der Waals surface area contributed by atoms with E-state index in [2.05, 4.69) is 19.6 Å². The monoisotopic (exact) mass is 348 g/mol. The molecular formula is C22H24N2O2. The van der Waals surface area contributed by atoms with E-state index in [4.69, 9.17) is 10.00 Å². The maximum Gasteiger partial charge on any atom is 0.254 e. The number of nitrogens with zero attached hydrogens (tertiary/aromatic N) is 2. The minimum atomic E-state index is -0.0608. The standard InChI is InChI=1S/C22H24N2O2/c1-3-5-15-26-21-12-10-20(11-13-21)22(25)24(14-4-2)17-19-8-6-18(16-23)7-9-19/h4,6-13H,2-3,5,14-15,17H2,1H3. The van der Waals surface area contributed by atoms with Crippen LogP contribution < -0.4 is 4.74 Å². The van der Waals surface area contributed by atoms with E-state index in [0.717, 1.165) is 24.2 Å². The molecule has 1 amide bonds. The summed E-state index contributed by atoms with van der Waals surface area (Å²) in [6.07, 6.45) is 3.81. The van der Waals surface area contributed by atoms with Crippen LogP contribution >= 0.6 is 0 Å². The number of benzene rings is 2. The van der Waals surface area contributed by atoms with E-state index < -0.39 is 0 Å². The smallest absolute Gasteiger partial charge is 0.254 e. The Labute approximate surface area is 155 Å². The molecule has 0 fully saturated rings.